The van der Waals surface area contributed by atoms with Gasteiger partial charge in [0.05, 0.1) is 15.9 Å². The summed E-state index contributed by atoms with van der Waals surface area (Å²) >= 11 is 3.31. The van der Waals surface area contributed by atoms with Gasteiger partial charge in [0, 0.05) is 17.7 Å². The highest BCUT2D eigenvalue weighted by Gasteiger charge is 2.17. The number of hydrogen-bond acceptors (Lipinski definition) is 3. The highest BCUT2D eigenvalue weighted by atomic mass is 79.9. The van der Waals surface area contributed by atoms with E-state index in [2.05, 4.69) is 21.0 Å². The average molecular weight is 302 g/mol. The first-order valence-corrected chi connectivity index (χ1v) is 7.25. The van der Waals surface area contributed by atoms with Crippen LogP contribution in [0.4, 0.5) is 0 Å². The number of hydrogen-bond donors (Lipinski definition) is 0. The zero-order valence-corrected chi connectivity index (χ0v) is 10.9. The molecular weight excluding hydrogens is 292 g/mol. The Morgan fingerprint density at radius 2 is 2.14 bits per heavy atom. The average Bonchev–Trinajstić information content (AvgIpc) is 2.29. The molecule has 0 aliphatic heterocycles. The second kappa shape index (κ2) is 4.20. The number of aromatic nitrogens is 2. The summed E-state index contributed by atoms with van der Waals surface area (Å²) in [5.74, 6) is -0.210. The first kappa shape index (κ1) is 12.0. The van der Waals surface area contributed by atoms with Gasteiger partial charge in [-0.2, -0.15) is 5.10 Å². The predicted molar refractivity (Wildman–Crippen MR) is 58.8 cm³/mol. The standard InChI is InChI=1S/C7H10BrClN2O2S/c1-3-5-7(8)6(11(2)10-5)4-14(9,12)13/h3-4H2,1-2H3. The fraction of sp³-hybridized carbons (Fsp3) is 0.571. The van der Waals surface area contributed by atoms with Crippen molar-refractivity contribution in [3.8, 4) is 0 Å². The summed E-state index contributed by atoms with van der Waals surface area (Å²) in [5.41, 5.74) is 1.42. The van der Waals surface area contributed by atoms with Crippen molar-refractivity contribution in [3.63, 3.8) is 0 Å². The monoisotopic (exact) mass is 300 g/mol. The normalized spacial score (nSPS) is 12.0. The van der Waals surface area contributed by atoms with Gasteiger partial charge in [0.1, 0.15) is 5.75 Å². The molecule has 0 bridgehead atoms. The van der Waals surface area contributed by atoms with Gasteiger partial charge >= 0.3 is 0 Å². The van der Waals surface area contributed by atoms with Crippen molar-refractivity contribution in [3.05, 3.63) is 15.9 Å². The lowest BCUT2D eigenvalue weighted by molar-refractivity contribution is 0.605. The van der Waals surface area contributed by atoms with Gasteiger partial charge in [-0.05, 0) is 22.4 Å². The second-order valence-electron chi connectivity index (χ2n) is 2.87. The maximum absolute atomic E-state index is 10.9. The van der Waals surface area contributed by atoms with Gasteiger partial charge in [-0.1, -0.05) is 6.92 Å². The van der Waals surface area contributed by atoms with Crippen molar-refractivity contribution in [1.82, 2.24) is 9.78 Å². The van der Waals surface area contributed by atoms with E-state index in [1.54, 1.807) is 7.05 Å². The molecule has 0 N–H and O–H groups in total. The molecule has 0 amide bonds. The highest BCUT2D eigenvalue weighted by Crippen LogP contribution is 2.24. The van der Waals surface area contributed by atoms with Gasteiger partial charge in [-0.25, -0.2) is 8.42 Å². The van der Waals surface area contributed by atoms with E-state index in [1.807, 2.05) is 6.92 Å². The first-order valence-electron chi connectivity index (χ1n) is 3.97. The van der Waals surface area contributed by atoms with Gasteiger partial charge in [0.25, 0.3) is 0 Å². The van der Waals surface area contributed by atoms with E-state index in [9.17, 15) is 8.42 Å². The summed E-state index contributed by atoms with van der Waals surface area (Å²) in [4.78, 5) is 0. The molecule has 0 atom stereocenters. The van der Waals surface area contributed by atoms with Crippen molar-refractivity contribution in [2.45, 2.75) is 19.1 Å². The summed E-state index contributed by atoms with van der Waals surface area (Å²) in [6.07, 6.45) is 0.747. The maximum atomic E-state index is 10.9. The van der Waals surface area contributed by atoms with E-state index in [4.69, 9.17) is 10.7 Å². The molecule has 0 unspecified atom stereocenters. The Bertz CT molecular complexity index is 441. The van der Waals surface area contributed by atoms with E-state index in [-0.39, 0.29) is 5.75 Å². The van der Waals surface area contributed by atoms with Crippen LogP contribution in [0.3, 0.4) is 0 Å². The third kappa shape index (κ3) is 2.71. The van der Waals surface area contributed by atoms with Gasteiger partial charge < -0.3 is 0 Å². The van der Waals surface area contributed by atoms with Gasteiger partial charge in [0.2, 0.25) is 9.05 Å². The van der Waals surface area contributed by atoms with Crippen LogP contribution >= 0.6 is 26.6 Å². The van der Waals surface area contributed by atoms with Crippen LogP contribution in [0.15, 0.2) is 4.47 Å². The van der Waals surface area contributed by atoms with Crippen LogP contribution in [0.1, 0.15) is 18.3 Å². The molecule has 1 aromatic heterocycles. The van der Waals surface area contributed by atoms with Crippen LogP contribution in [0.5, 0.6) is 0 Å². The molecule has 0 saturated carbocycles. The molecule has 0 aliphatic carbocycles. The summed E-state index contributed by atoms with van der Waals surface area (Å²) in [6.45, 7) is 1.95. The Hall–Kier alpha value is -0.0700. The lowest BCUT2D eigenvalue weighted by atomic mass is 10.3. The van der Waals surface area contributed by atoms with Crippen LogP contribution in [0.2, 0.25) is 0 Å². The number of aryl methyl sites for hydroxylation is 2. The molecule has 0 saturated heterocycles. The lowest BCUT2D eigenvalue weighted by Crippen LogP contribution is -2.03. The molecule has 7 heteroatoms. The molecular formula is C7H10BrClN2O2S. The second-order valence-corrected chi connectivity index (χ2v) is 6.44. The van der Waals surface area contributed by atoms with Gasteiger partial charge in [-0.15, -0.1) is 0 Å². The highest BCUT2D eigenvalue weighted by molar-refractivity contribution is 9.10. The van der Waals surface area contributed by atoms with Crippen LogP contribution in [0.25, 0.3) is 0 Å². The molecule has 0 aromatic carbocycles. The van der Waals surface area contributed by atoms with E-state index in [0.29, 0.717) is 5.69 Å². The summed E-state index contributed by atoms with van der Waals surface area (Å²) in [6, 6.07) is 0. The molecule has 4 nitrogen and oxygen atoms in total. The zero-order chi connectivity index (χ0) is 10.9. The Morgan fingerprint density at radius 3 is 2.50 bits per heavy atom. The molecule has 0 radical (unpaired) electrons. The first-order chi connectivity index (χ1) is 6.35. The van der Waals surface area contributed by atoms with Crippen LogP contribution < -0.4 is 0 Å². The largest absolute Gasteiger partial charge is 0.270 e. The summed E-state index contributed by atoms with van der Waals surface area (Å²) in [5, 5.41) is 4.16. The number of halogens is 2. The fourth-order valence-electron chi connectivity index (χ4n) is 1.14. The minimum absolute atomic E-state index is 0.210. The van der Waals surface area contributed by atoms with Crippen molar-refractivity contribution >= 4 is 35.7 Å². The van der Waals surface area contributed by atoms with E-state index in [1.165, 1.54) is 4.68 Å². The van der Waals surface area contributed by atoms with Crippen molar-refractivity contribution in [2.24, 2.45) is 7.05 Å². The molecule has 80 valence electrons. The van der Waals surface area contributed by atoms with Crippen molar-refractivity contribution in [2.75, 3.05) is 0 Å². The lowest BCUT2D eigenvalue weighted by Gasteiger charge is -1.98. The zero-order valence-electron chi connectivity index (χ0n) is 7.79. The van der Waals surface area contributed by atoms with E-state index < -0.39 is 9.05 Å². The third-order valence-corrected chi connectivity index (χ3v) is 3.67. The minimum Gasteiger partial charge on any atom is -0.270 e. The predicted octanol–water partition coefficient (Wildman–Crippen LogP) is 1.81. The van der Waals surface area contributed by atoms with Gasteiger partial charge in [0.15, 0.2) is 0 Å². The Balaban J connectivity index is 3.15. The molecule has 0 fully saturated rings. The Kier molecular flexibility index (Phi) is 3.60. The molecule has 0 spiro atoms. The molecule has 1 rings (SSSR count). The molecule has 14 heavy (non-hydrogen) atoms. The van der Waals surface area contributed by atoms with Crippen molar-refractivity contribution < 1.29 is 8.42 Å². The molecule has 1 aromatic rings. The summed E-state index contributed by atoms with van der Waals surface area (Å²) < 4.78 is 24.1. The minimum atomic E-state index is -3.54. The molecule has 0 aliphatic rings. The smallest absolute Gasteiger partial charge is 0.238 e. The van der Waals surface area contributed by atoms with E-state index >= 15 is 0 Å². The SMILES string of the molecule is CCc1nn(C)c(CS(=O)(=O)Cl)c1Br. The topological polar surface area (TPSA) is 52.0 Å². The van der Waals surface area contributed by atoms with Crippen LogP contribution in [-0.4, -0.2) is 18.2 Å². The maximum Gasteiger partial charge on any atom is 0.238 e. The van der Waals surface area contributed by atoms with E-state index in [0.717, 1.165) is 16.6 Å². The number of rotatable bonds is 3. The molecule has 1 heterocycles. The van der Waals surface area contributed by atoms with Crippen LogP contribution in [0, 0.1) is 0 Å². The number of nitrogens with zero attached hydrogens (tertiary/aromatic N) is 2. The fourth-order valence-corrected chi connectivity index (χ4v) is 3.05. The quantitative estimate of drug-likeness (QED) is 0.800. The van der Waals surface area contributed by atoms with Crippen molar-refractivity contribution in [1.29, 1.82) is 0 Å². The van der Waals surface area contributed by atoms with Crippen LogP contribution in [-0.2, 0) is 28.3 Å². The van der Waals surface area contributed by atoms with Gasteiger partial charge in [-0.3, -0.25) is 4.68 Å². The Labute approximate surface area is 95.8 Å². The third-order valence-electron chi connectivity index (χ3n) is 1.81. The summed E-state index contributed by atoms with van der Waals surface area (Å²) in [7, 11) is 3.33. The Morgan fingerprint density at radius 1 is 1.57 bits per heavy atom.